The summed E-state index contributed by atoms with van der Waals surface area (Å²) in [6.07, 6.45) is -0.0278. The van der Waals surface area contributed by atoms with E-state index in [1.165, 1.54) is 0 Å². The van der Waals surface area contributed by atoms with E-state index in [1.807, 2.05) is 0 Å². The molecular formula is C4H8BNO2. The van der Waals surface area contributed by atoms with E-state index < -0.39 is 0 Å². The summed E-state index contributed by atoms with van der Waals surface area (Å²) in [5.41, 5.74) is 0. The van der Waals surface area contributed by atoms with Gasteiger partial charge in [-0.3, -0.25) is 4.84 Å². The number of rotatable bonds is 2. The van der Waals surface area contributed by atoms with Crippen molar-refractivity contribution in [2.24, 2.45) is 0 Å². The topological polar surface area (TPSA) is 25.0 Å². The lowest BCUT2D eigenvalue weighted by atomic mass is 10.1. The average molecular weight is 113 g/mol. The quantitative estimate of drug-likeness (QED) is 0.269. The Morgan fingerprint density at radius 3 is 2.38 bits per heavy atom. The number of ether oxygens (including phenoxy) is 1. The highest BCUT2D eigenvalue weighted by Gasteiger charge is 2.37. The smallest absolute Gasteiger partial charge is 0.149 e. The first kappa shape index (κ1) is 6.07. The Bertz CT molecular complexity index is 88.1. The summed E-state index contributed by atoms with van der Waals surface area (Å²) in [6.45, 7) is 0. The summed E-state index contributed by atoms with van der Waals surface area (Å²) in [5, 5.41) is 1.57. The molecule has 1 heterocycles. The third-order valence-corrected chi connectivity index (χ3v) is 1.15. The van der Waals surface area contributed by atoms with Crippen LogP contribution in [0.15, 0.2) is 0 Å². The Morgan fingerprint density at radius 1 is 1.75 bits per heavy atom. The molecule has 0 N–H and O–H groups in total. The molecule has 1 rings (SSSR count). The molecule has 0 bridgehead atoms. The number of hydrogen-bond acceptors (Lipinski definition) is 3. The van der Waals surface area contributed by atoms with E-state index >= 15 is 0 Å². The maximum Gasteiger partial charge on any atom is 0.149 e. The van der Waals surface area contributed by atoms with Gasteiger partial charge < -0.3 is 4.74 Å². The minimum Gasteiger partial charge on any atom is -0.362 e. The SMILES string of the molecule is [B]C1OC1N(C)OC. The predicted molar refractivity (Wildman–Crippen MR) is 29.2 cm³/mol. The highest BCUT2D eigenvalue weighted by atomic mass is 16.7. The van der Waals surface area contributed by atoms with Crippen molar-refractivity contribution >= 4 is 7.85 Å². The zero-order chi connectivity index (χ0) is 6.15. The van der Waals surface area contributed by atoms with Crippen LogP contribution in [-0.4, -0.2) is 39.3 Å². The molecule has 1 aliphatic rings. The fourth-order valence-electron chi connectivity index (χ4n) is 0.512. The van der Waals surface area contributed by atoms with Gasteiger partial charge in [0.05, 0.1) is 13.1 Å². The molecule has 0 aliphatic carbocycles. The van der Waals surface area contributed by atoms with Crippen molar-refractivity contribution in [3.8, 4) is 0 Å². The molecule has 8 heavy (non-hydrogen) atoms. The molecule has 0 spiro atoms. The van der Waals surface area contributed by atoms with Gasteiger partial charge in [0.2, 0.25) is 0 Å². The third-order valence-electron chi connectivity index (χ3n) is 1.15. The maximum absolute atomic E-state index is 5.30. The lowest BCUT2D eigenvalue weighted by Gasteiger charge is -2.08. The average Bonchev–Trinajstić information content (AvgIpc) is 2.45. The number of hydroxylamine groups is 2. The van der Waals surface area contributed by atoms with Crippen LogP contribution < -0.4 is 0 Å². The van der Waals surface area contributed by atoms with Crippen molar-refractivity contribution in [2.45, 2.75) is 12.2 Å². The van der Waals surface area contributed by atoms with Crippen molar-refractivity contribution in [1.29, 1.82) is 0 Å². The second-order valence-electron chi connectivity index (χ2n) is 1.72. The normalized spacial score (nSPS) is 35.9. The molecule has 44 valence electrons. The molecule has 2 unspecified atom stereocenters. The van der Waals surface area contributed by atoms with E-state index in [-0.39, 0.29) is 12.2 Å². The van der Waals surface area contributed by atoms with Gasteiger partial charge >= 0.3 is 0 Å². The van der Waals surface area contributed by atoms with Crippen molar-refractivity contribution in [3.05, 3.63) is 0 Å². The van der Waals surface area contributed by atoms with Gasteiger partial charge in [0, 0.05) is 7.05 Å². The molecule has 3 nitrogen and oxygen atoms in total. The van der Waals surface area contributed by atoms with Gasteiger partial charge in [-0.1, -0.05) is 0 Å². The Morgan fingerprint density at radius 2 is 2.25 bits per heavy atom. The molecule has 0 amide bonds. The first-order chi connectivity index (χ1) is 3.75. The maximum atomic E-state index is 5.30. The van der Waals surface area contributed by atoms with Crippen LogP contribution in [0.2, 0.25) is 0 Å². The summed E-state index contributed by atoms with van der Waals surface area (Å²) in [4.78, 5) is 4.77. The van der Waals surface area contributed by atoms with Crippen LogP contribution in [0.1, 0.15) is 0 Å². The monoisotopic (exact) mass is 113 g/mol. The Labute approximate surface area is 49.9 Å². The first-order valence-corrected chi connectivity index (χ1v) is 2.43. The first-order valence-electron chi connectivity index (χ1n) is 2.43. The van der Waals surface area contributed by atoms with Gasteiger partial charge in [-0.25, -0.2) is 0 Å². The molecule has 0 saturated carbocycles. The van der Waals surface area contributed by atoms with Gasteiger partial charge in [0.1, 0.15) is 14.1 Å². The fourth-order valence-corrected chi connectivity index (χ4v) is 0.512. The molecular weight excluding hydrogens is 105 g/mol. The summed E-state index contributed by atoms with van der Waals surface area (Å²) < 4.78 is 4.85. The lowest BCUT2D eigenvalue weighted by molar-refractivity contribution is -0.137. The zero-order valence-electron chi connectivity index (χ0n) is 5.00. The van der Waals surface area contributed by atoms with Gasteiger partial charge in [-0.15, -0.1) is 0 Å². The second-order valence-corrected chi connectivity index (χ2v) is 1.72. The van der Waals surface area contributed by atoms with Crippen LogP contribution >= 0.6 is 0 Å². The number of likely N-dealkylation sites (N-methyl/N-ethyl adjacent to an activating group) is 1. The molecule has 4 heteroatoms. The second kappa shape index (κ2) is 2.05. The fraction of sp³-hybridized carbons (Fsp3) is 1.00. The largest absolute Gasteiger partial charge is 0.362 e. The highest BCUT2D eigenvalue weighted by molar-refractivity contribution is 6.12. The number of hydrogen-bond donors (Lipinski definition) is 0. The number of epoxide rings is 1. The molecule has 0 aromatic carbocycles. The minimum absolute atomic E-state index is 0.0278. The van der Waals surface area contributed by atoms with Crippen molar-refractivity contribution in [2.75, 3.05) is 14.2 Å². The molecule has 0 aromatic rings. The predicted octanol–water partition coefficient (Wildman–Crippen LogP) is -0.670. The van der Waals surface area contributed by atoms with Gasteiger partial charge in [0.25, 0.3) is 0 Å². The van der Waals surface area contributed by atoms with E-state index in [0.717, 1.165) is 0 Å². The van der Waals surface area contributed by atoms with Gasteiger partial charge in [0.15, 0.2) is 0 Å². The number of nitrogens with zero attached hydrogens (tertiary/aromatic N) is 1. The molecule has 2 radical (unpaired) electrons. The summed E-state index contributed by atoms with van der Waals surface area (Å²) in [7, 11) is 8.65. The Balaban J connectivity index is 2.18. The van der Waals surface area contributed by atoms with Gasteiger partial charge in [-0.05, 0) is 0 Å². The van der Waals surface area contributed by atoms with E-state index in [4.69, 9.17) is 17.4 Å². The van der Waals surface area contributed by atoms with Crippen molar-refractivity contribution in [3.63, 3.8) is 0 Å². The molecule has 0 aromatic heterocycles. The highest BCUT2D eigenvalue weighted by Crippen LogP contribution is 2.20. The van der Waals surface area contributed by atoms with Crippen LogP contribution in [0.25, 0.3) is 0 Å². The van der Waals surface area contributed by atoms with E-state index in [0.29, 0.717) is 0 Å². The summed E-state index contributed by atoms with van der Waals surface area (Å²) in [5.74, 6) is 0. The third kappa shape index (κ3) is 1.02. The van der Waals surface area contributed by atoms with E-state index in [2.05, 4.69) is 0 Å². The van der Waals surface area contributed by atoms with Crippen molar-refractivity contribution < 1.29 is 9.57 Å². The molecule has 2 atom stereocenters. The van der Waals surface area contributed by atoms with E-state index in [1.54, 1.807) is 19.2 Å². The van der Waals surface area contributed by atoms with Crippen LogP contribution in [-0.2, 0) is 9.57 Å². The summed E-state index contributed by atoms with van der Waals surface area (Å²) >= 11 is 0. The molecule has 1 saturated heterocycles. The zero-order valence-corrected chi connectivity index (χ0v) is 5.00. The van der Waals surface area contributed by atoms with Crippen LogP contribution in [0.5, 0.6) is 0 Å². The van der Waals surface area contributed by atoms with Gasteiger partial charge in [-0.2, -0.15) is 5.06 Å². The van der Waals surface area contributed by atoms with Crippen LogP contribution in [0.3, 0.4) is 0 Å². The summed E-state index contributed by atoms with van der Waals surface area (Å²) in [6, 6.07) is -0.153. The van der Waals surface area contributed by atoms with Crippen LogP contribution in [0.4, 0.5) is 0 Å². The van der Waals surface area contributed by atoms with Crippen molar-refractivity contribution in [1.82, 2.24) is 5.06 Å². The lowest BCUT2D eigenvalue weighted by Crippen LogP contribution is -2.21. The Hall–Kier alpha value is -0.0551. The minimum atomic E-state index is -0.153. The standard InChI is InChI=1S/C4H8BNO2/c1-6(7-2)4-3(5)8-4/h3-4H,1-2H3. The Kier molecular flexibility index (Phi) is 1.55. The van der Waals surface area contributed by atoms with E-state index in [9.17, 15) is 0 Å². The molecule has 1 fully saturated rings. The molecule has 1 aliphatic heterocycles. The van der Waals surface area contributed by atoms with Crippen LogP contribution in [0, 0.1) is 0 Å².